The summed E-state index contributed by atoms with van der Waals surface area (Å²) in [4.78, 5) is 11.1. The van der Waals surface area contributed by atoms with Gasteiger partial charge >= 0.3 is 5.97 Å². The van der Waals surface area contributed by atoms with Crippen molar-refractivity contribution in [3.05, 3.63) is 95.6 Å². The number of rotatable bonds is 9. The Morgan fingerprint density at radius 3 is 1.83 bits per heavy atom. The van der Waals surface area contributed by atoms with Crippen LogP contribution in [0.25, 0.3) is 0 Å². The number of halogens is 1. The van der Waals surface area contributed by atoms with Crippen LogP contribution in [0, 0.1) is 0 Å². The van der Waals surface area contributed by atoms with Crippen LogP contribution in [0.2, 0.25) is 0 Å². The predicted octanol–water partition coefficient (Wildman–Crippen LogP) is 3.71. The fourth-order valence-corrected chi connectivity index (χ4v) is 2.75. The molecule has 0 amide bonds. The summed E-state index contributed by atoms with van der Waals surface area (Å²) in [5.41, 5.74) is 7.87. The lowest BCUT2D eigenvalue weighted by Crippen LogP contribution is -2.36. The number of carbonyl (C=O) groups is 1. The molecule has 0 saturated heterocycles. The van der Waals surface area contributed by atoms with Crippen molar-refractivity contribution in [1.29, 1.82) is 0 Å². The van der Waals surface area contributed by atoms with Crippen LogP contribution in [0.15, 0.2) is 78.9 Å². The summed E-state index contributed by atoms with van der Waals surface area (Å²) in [5.74, 6) is -0.391. The van der Waals surface area contributed by atoms with Crippen LogP contribution >= 0.6 is 12.4 Å². The van der Waals surface area contributed by atoms with Gasteiger partial charge in [-0.05, 0) is 28.8 Å². The first-order chi connectivity index (χ1) is 14.0. The number of aliphatic hydroxyl groups excluding tert-OH is 1. The van der Waals surface area contributed by atoms with Crippen molar-refractivity contribution < 1.29 is 24.5 Å². The molecule has 3 rings (SSSR count). The van der Waals surface area contributed by atoms with Gasteiger partial charge in [-0.3, -0.25) is 4.79 Å². The Kier molecular flexibility index (Phi) is 8.68. The smallest absolute Gasteiger partial charge is 0.323 e. The lowest BCUT2D eigenvalue weighted by Gasteiger charge is -2.18. The molecule has 0 spiro atoms. The zero-order valence-corrected chi connectivity index (χ0v) is 17.0. The number of hydrogen-bond acceptors (Lipinski definition) is 5. The van der Waals surface area contributed by atoms with E-state index in [1.165, 1.54) is 0 Å². The zero-order chi connectivity index (χ0) is 20.6. The molecule has 0 aliphatic heterocycles. The molecule has 0 radical (unpaired) electrons. The van der Waals surface area contributed by atoms with Crippen LogP contribution in [-0.4, -0.2) is 22.2 Å². The summed E-state index contributed by atoms with van der Waals surface area (Å²) >= 11 is 0. The van der Waals surface area contributed by atoms with Crippen molar-refractivity contribution in [2.75, 3.05) is 0 Å². The monoisotopic (exact) mass is 429 g/mol. The highest BCUT2D eigenvalue weighted by Crippen LogP contribution is 2.32. The third-order valence-corrected chi connectivity index (χ3v) is 4.41. The largest absolute Gasteiger partial charge is 0.485 e. The Labute approximate surface area is 181 Å². The number of nitrogens with two attached hydrogens (primary N) is 1. The highest BCUT2D eigenvalue weighted by molar-refractivity contribution is 5.85. The van der Waals surface area contributed by atoms with Gasteiger partial charge < -0.3 is 25.4 Å². The van der Waals surface area contributed by atoms with E-state index >= 15 is 0 Å². The molecule has 0 bridgehead atoms. The third kappa shape index (κ3) is 6.22. The van der Waals surface area contributed by atoms with E-state index in [9.17, 15) is 9.90 Å². The average molecular weight is 430 g/mol. The fourth-order valence-electron chi connectivity index (χ4n) is 2.75. The Morgan fingerprint density at radius 1 is 0.833 bits per heavy atom. The highest BCUT2D eigenvalue weighted by Gasteiger charge is 2.24. The van der Waals surface area contributed by atoms with E-state index in [2.05, 4.69) is 0 Å². The summed E-state index contributed by atoms with van der Waals surface area (Å²) in [6, 6.07) is 22.7. The molecule has 1 unspecified atom stereocenters. The second kappa shape index (κ2) is 11.2. The molecule has 0 saturated carbocycles. The minimum atomic E-state index is -1.44. The van der Waals surface area contributed by atoms with Crippen molar-refractivity contribution in [2.45, 2.75) is 25.4 Å². The number of carboxylic acid groups (broad SMARTS) is 1. The van der Waals surface area contributed by atoms with Gasteiger partial charge in [0.05, 0.1) is 0 Å². The molecule has 158 valence electrons. The SMILES string of the molecule is Cl.N[C@H](C(=O)O)C(O)c1ccc(OCc2ccccc2)c(OCc2ccccc2)c1. The van der Waals surface area contributed by atoms with Crippen LogP contribution < -0.4 is 15.2 Å². The first kappa shape index (κ1) is 23.2. The highest BCUT2D eigenvalue weighted by atomic mass is 35.5. The number of hydrogen-bond donors (Lipinski definition) is 3. The Balaban J connectivity index is 0.00000320. The lowest BCUT2D eigenvalue weighted by molar-refractivity contribution is -0.141. The van der Waals surface area contributed by atoms with Gasteiger partial charge in [0.2, 0.25) is 0 Å². The van der Waals surface area contributed by atoms with Crippen molar-refractivity contribution in [2.24, 2.45) is 5.73 Å². The molecule has 4 N–H and O–H groups in total. The Hall–Kier alpha value is -3.06. The van der Waals surface area contributed by atoms with E-state index < -0.39 is 18.1 Å². The molecule has 30 heavy (non-hydrogen) atoms. The van der Waals surface area contributed by atoms with E-state index in [1.54, 1.807) is 18.2 Å². The van der Waals surface area contributed by atoms with E-state index in [0.717, 1.165) is 11.1 Å². The van der Waals surface area contributed by atoms with E-state index in [1.807, 2.05) is 60.7 Å². The van der Waals surface area contributed by atoms with E-state index in [0.29, 0.717) is 30.3 Å². The van der Waals surface area contributed by atoms with Gasteiger partial charge in [0, 0.05) is 0 Å². The molecule has 3 aromatic rings. The number of carboxylic acids is 1. The van der Waals surface area contributed by atoms with Gasteiger partial charge in [-0.25, -0.2) is 0 Å². The standard InChI is InChI=1S/C23H23NO5.ClH/c24-21(23(26)27)22(25)18-11-12-19(28-14-16-7-3-1-4-8-16)20(13-18)29-15-17-9-5-2-6-10-17;/h1-13,21-22,25H,14-15,24H2,(H,26,27);1H/t21-,22?;/m0./s1. The van der Waals surface area contributed by atoms with Gasteiger partial charge in [-0.1, -0.05) is 66.7 Å². The molecule has 0 aliphatic rings. The fraction of sp³-hybridized carbons (Fsp3) is 0.174. The Morgan fingerprint density at radius 2 is 1.33 bits per heavy atom. The normalized spacial score (nSPS) is 12.3. The summed E-state index contributed by atoms with van der Waals surface area (Å²) in [7, 11) is 0. The summed E-state index contributed by atoms with van der Waals surface area (Å²) in [5, 5.41) is 19.3. The first-order valence-electron chi connectivity index (χ1n) is 9.18. The van der Waals surface area contributed by atoms with Crippen molar-refractivity contribution >= 4 is 18.4 Å². The molecule has 7 heteroatoms. The zero-order valence-electron chi connectivity index (χ0n) is 16.2. The van der Waals surface area contributed by atoms with E-state index in [-0.39, 0.29) is 12.4 Å². The molecular formula is C23H24ClNO5. The first-order valence-corrected chi connectivity index (χ1v) is 9.18. The summed E-state index contributed by atoms with van der Waals surface area (Å²) in [6.45, 7) is 0.645. The molecule has 3 aromatic carbocycles. The Bertz CT molecular complexity index is 937. The van der Waals surface area contributed by atoms with Gasteiger partial charge in [0.15, 0.2) is 11.5 Å². The lowest BCUT2D eigenvalue weighted by atomic mass is 10.0. The molecule has 2 atom stereocenters. The van der Waals surface area contributed by atoms with Gasteiger partial charge in [-0.15, -0.1) is 12.4 Å². The average Bonchev–Trinajstić information content (AvgIpc) is 2.76. The van der Waals surface area contributed by atoms with E-state index in [4.69, 9.17) is 20.3 Å². The number of aliphatic carboxylic acids is 1. The summed E-state index contributed by atoms with van der Waals surface area (Å²) in [6.07, 6.45) is -1.37. The molecule has 0 aromatic heterocycles. The quantitative estimate of drug-likeness (QED) is 0.479. The maximum absolute atomic E-state index is 11.1. The molecule has 6 nitrogen and oxygen atoms in total. The van der Waals surface area contributed by atoms with Crippen LogP contribution in [0.4, 0.5) is 0 Å². The van der Waals surface area contributed by atoms with Crippen molar-refractivity contribution in [3.63, 3.8) is 0 Å². The van der Waals surface area contributed by atoms with Gasteiger partial charge in [0.25, 0.3) is 0 Å². The molecule has 0 fully saturated rings. The molecular weight excluding hydrogens is 406 g/mol. The van der Waals surface area contributed by atoms with Gasteiger partial charge in [0.1, 0.15) is 25.4 Å². The number of ether oxygens (including phenoxy) is 2. The van der Waals surface area contributed by atoms with Crippen LogP contribution in [0.1, 0.15) is 22.8 Å². The van der Waals surface area contributed by atoms with Crippen LogP contribution in [0.3, 0.4) is 0 Å². The minimum absolute atomic E-state index is 0. The molecule has 0 heterocycles. The second-order valence-corrected chi connectivity index (χ2v) is 6.56. The maximum Gasteiger partial charge on any atom is 0.323 e. The van der Waals surface area contributed by atoms with Gasteiger partial charge in [-0.2, -0.15) is 0 Å². The predicted molar refractivity (Wildman–Crippen MR) is 116 cm³/mol. The topological polar surface area (TPSA) is 102 Å². The minimum Gasteiger partial charge on any atom is -0.485 e. The molecule has 0 aliphatic carbocycles. The van der Waals surface area contributed by atoms with Crippen LogP contribution in [-0.2, 0) is 18.0 Å². The number of aliphatic hydroxyl groups is 1. The van der Waals surface area contributed by atoms with Crippen molar-refractivity contribution in [3.8, 4) is 11.5 Å². The van der Waals surface area contributed by atoms with Crippen molar-refractivity contribution in [1.82, 2.24) is 0 Å². The summed E-state index contributed by atoms with van der Waals surface area (Å²) < 4.78 is 11.8. The number of benzene rings is 3. The third-order valence-electron chi connectivity index (χ3n) is 4.41. The second-order valence-electron chi connectivity index (χ2n) is 6.56. The van der Waals surface area contributed by atoms with Crippen LogP contribution in [0.5, 0.6) is 11.5 Å². The maximum atomic E-state index is 11.1.